The van der Waals surface area contributed by atoms with Crippen LogP contribution in [0.1, 0.15) is 11.1 Å². The first-order valence-electron chi connectivity index (χ1n) is 4.59. The van der Waals surface area contributed by atoms with Crippen LogP contribution < -0.4 is 0 Å². The molecule has 0 spiro atoms. The Morgan fingerprint density at radius 1 is 1.33 bits per heavy atom. The second-order valence-corrected chi connectivity index (χ2v) is 3.65. The highest BCUT2D eigenvalue weighted by molar-refractivity contribution is 5.79. The van der Waals surface area contributed by atoms with Crippen molar-refractivity contribution in [3.63, 3.8) is 0 Å². The van der Waals surface area contributed by atoms with E-state index in [1.165, 1.54) is 4.57 Å². The Morgan fingerprint density at radius 2 is 1.93 bits per heavy atom. The van der Waals surface area contributed by atoms with E-state index in [-0.39, 0.29) is 5.95 Å². The van der Waals surface area contributed by atoms with E-state index in [2.05, 4.69) is 4.98 Å². The van der Waals surface area contributed by atoms with Gasteiger partial charge in [0.25, 0.3) is 0 Å². The first-order chi connectivity index (χ1) is 7.00. The highest BCUT2D eigenvalue weighted by Gasteiger charge is 2.18. The maximum Gasteiger partial charge on any atom is 0.435 e. The lowest BCUT2D eigenvalue weighted by molar-refractivity contribution is -0.396. The van der Waals surface area contributed by atoms with Crippen LogP contribution in [0.15, 0.2) is 12.1 Å². The Kier molecular flexibility index (Phi) is 1.96. The zero-order valence-electron chi connectivity index (χ0n) is 8.81. The lowest BCUT2D eigenvalue weighted by atomic mass is 10.1. The zero-order valence-corrected chi connectivity index (χ0v) is 8.81. The lowest BCUT2D eigenvalue weighted by Crippen LogP contribution is -1.97. The van der Waals surface area contributed by atoms with E-state index in [0.717, 1.165) is 16.6 Å². The fraction of sp³-hybridized carbons (Fsp3) is 0.300. The highest BCUT2D eigenvalue weighted by Crippen LogP contribution is 2.22. The first kappa shape index (κ1) is 9.64. The standard InChI is InChI=1S/C10H11N3O2/c1-6-4-8-9(5-7(6)2)12(3)10(11-8)13(14)15/h4-5H,1-3H3. The van der Waals surface area contributed by atoms with Gasteiger partial charge >= 0.3 is 5.95 Å². The highest BCUT2D eigenvalue weighted by atomic mass is 16.6. The van der Waals surface area contributed by atoms with Crippen molar-refractivity contribution in [3.05, 3.63) is 33.4 Å². The molecule has 5 nitrogen and oxygen atoms in total. The molecule has 0 aliphatic rings. The topological polar surface area (TPSA) is 61.0 Å². The summed E-state index contributed by atoms with van der Waals surface area (Å²) in [7, 11) is 1.66. The predicted molar refractivity (Wildman–Crippen MR) is 56.8 cm³/mol. The SMILES string of the molecule is Cc1cc2nc([N+](=O)[O-])n(C)c2cc1C. The summed E-state index contributed by atoms with van der Waals surface area (Å²) in [6.07, 6.45) is 0. The van der Waals surface area contributed by atoms with E-state index in [1.54, 1.807) is 7.05 Å². The third-order valence-electron chi connectivity index (χ3n) is 2.64. The van der Waals surface area contributed by atoms with E-state index in [4.69, 9.17) is 0 Å². The van der Waals surface area contributed by atoms with Gasteiger partial charge in [0, 0.05) is 0 Å². The Hall–Kier alpha value is -1.91. The molecular formula is C10H11N3O2. The molecule has 78 valence electrons. The van der Waals surface area contributed by atoms with Crippen molar-refractivity contribution in [2.75, 3.05) is 0 Å². The number of rotatable bonds is 1. The molecule has 0 N–H and O–H groups in total. The lowest BCUT2D eigenvalue weighted by Gasteiger charge is -1.97. The molecule has 15 heavy (non-hydrogen) atoms. The number of fused-ring (bicyclic) bond motifs is 1. The normalized spacial score (nSPS) is 10.9. The molecule has 0 radical (unpaired) electrons. The Bertz CT molecular complexity index is 557. The van der Waals surface area contributed by atoms with E-state index in [9.17, 15) is 10.1 Å². The Balaban J connectivity index is 2.83. The summed E-state index contributed by atoms with van der Waals surface area (Å²) in [5.41, 5.74) is 3.67. The van der Waals surface area contributed by atoms with E-state index < -0.39 is 4.92 Å². The van der Waals surface area contributed by atoms with Crippen molar-refractivity contribution in [3.8, 4) is 0 Å². The van der Waals surface area contributed by atoms with Crippen LogP contribution in [0.2, 0.25) is 0 Å². The molecule has 1 heterocycles. The second-order valence-electron chi connectivity index (χ2n) is 3.65. The molecular weight excluding hydrogens is 194 g/mol. The van der Waals surface area contributed by atoms with Crippen molar-refractivity contribution < 1.29 is 4.92 Å². The fourth-order valence-electron chi connectivity index (χ4n) is 1.60. The van der Waals surface area contributed by atoms with Crippen molar-refractivity contribution in [1.29, 1.82) is 0 Å². The van der Waals surface area contributed by atoms with Gasteiger partial charge in [0.2, 0.25) is 0 Å². The minimum atomic E-state index is -0.468. The Labute approximate surface area is 86.5 Å². The number of benzene rings is 1. The third kappa shape index (κ3) is 1.36. The smallest absolute Gasteiger partial charge is 0.390 e. The van der Waals surface area contributed by atoms with Gasteiger partial charge in [-0.2, -0.15) is 0 Å². The number of nitro groups is 1. The summed E-state index contributed by atoms with van der Waals surface area (Å²) in [6, 6.07) is 3.79. The van der Waals surface area contributed by atoms with Gasteiger partial charge in [0.15, 0.2) is 5.52 Å². The molecule has 0 saturated heterocycles. The second kappa shape index (κ2) is 3.05. The summed E-state index contributed by atoms with van der Waals surface area (Å²) < 4.78 is 1.50. The maximum absolute atomic E-state index is 10.7. The Morgan fingerprint density at radius 3 is 2.53 bits per heavy atom. The number of aromatic nitrogens is 2. The van der Waals surface area contributed by atoms with E-state index >= 15 is 0 Å². The number of hydrogen-bond donors (Lipinski definition) is 0. The molecule has 2 aromatic rings. The summed E-state index contributed by atoms with van der Waals surface area (Å²) in [6.45, 7) is 3.95. The molecule has 0 aliphatic heterocycles. The van der Waals surface area contributed by atoms with E-state index in [1.807, 2.05) is 26.0 Å². The molecule has 0 atom stereocenters. The third-order valence-corrected chi connectivity index (χ3v) is 2.64. The molecule has 0 unspecified atom stereocenters. The van der Waals surface area contributed by atoms with Crippen LogP contribution in [-0.4, -0.2) is 14.5 Å². The van der Waals surface area contributed by atoms with Crippen molar-refractivity contribution in [2.24, 2.45) is 7.05 Å². The quantitative estimate of drug-likeness (QED) is 0.529. The molecule has 2 rings (SSSR count). The van der Waals surface area contributed by atoms with Gasteiger partial charge in [-0.25, -0.2) is 4.57 Å². The van der Waals surface area contributed by atoms with Crippen molar-refractivity contribution >= 4 is 17.0 Å². The average Bonchev–Trinajstić information content (AvgIpc) is 2.46. The van der Waals surface area contributed by atoms with Crippen LogP contribution >= 0.6 is 0 Å². The van der Waals surface area contributed by atoms with Crippen LogP contribution in [-0.2, 0) is 7.05 Å². The van der Waals surface area contributed by atoms with Gasteiger partial charge in [0.05, 0.1) is 7.05 Å². The van der Waals surface area contributed by atoms with Gasteiger partial charge in [-0.15, -0.1) is 0 Å². The summed E-state index contributed by atoms with van der Waals surface area (Å²) >= 11 is 0. The van der Waals surface area contributed by atoms with Crippen LogP contribution in [0.3, 0.4) is 0 Å². The first-order valence-corrected chi connectivity index (χ1v) is 4.59. The number of hydrogen-bond acceptors (Lipinski definition) is 3. The van der Waals surface area contributed by atoms with Crippen LogP contribution in [0, 0.1) is 24.0 Å². The summed E-state index contributed by atoms with van der Waals surface area (Å²) in [5.74, 6) is -0.116. The summed E-state index contributed by atoms with van der Waals surface area (Å²) in [4.78, 5) is 14.2. The van der Waals surface area contributed by atoms with Crippen molar-refractivity contribution in [1.82, 2.24) is 9.55 Å². The van der Waals surface area contributed by atoms with Crippen LogP contribution in [0.5, 0.6) is 0 Å². The van der Waals surface area contributed by atoms with Gasteiger partial charge < -0.3 is 10.1 Å². The molecule has 0 bridgehead atoms. The van der Waals surface area contributed by atoms with Gasteiger partial charge in [-0.1, -0.05) is 4.98 Å². The van der Waals surface area contributed by atoms with Crippen molar-refractivity contribution in [2.45, 2.75) is 13.8 Å². The van der Waals surface area contributed by atoms with Gasteiger partial charge in [-0.3, -0.25) is 0 Å². The van der Waals surface area contributed by atoms with Gasteiger partial charge in [0.1, 0.15) is 5.52 Å². The molecule has 0 saturated carbocycles. The van der Waals surface area contributed by atoms with Gasteiger partial charge in [-0.05, 0) is 42.0 Å². The largest absolute Gasteiger partial charge is 0.435 e. The number of nitrogens with zero attached hydrogens (tertiary/aromatic N) is 3. The van der Waals surface area contributed by atoms with Crippen LogP contribution in [0.25, 0.3) is 11.0 Å². The van der Waals surface area contributed by atoms with E-state index in [0.29, 0.717) is 5.52 Å². The molecule has 1 aromatic carbocycles. The van der Waals surface area contributed by atoms with Crippen LogP contribution in [0.4, 0.5) is 5.95 Å². The minimum Gasteiger partial charge on any atom is -0.390 e. The molecule has 1 aromatic heterocycles. The predicted octanol–water partition coefficient (Wildman–Crippen LogP) is 2.10. The number of aryl methyl sites for hydroxylation is 3. The summed E-state index contributed by atoms with van der Waals surface area (Å²) in [5, 5.41) is 10.7. The monoisotopic (exact) mass is 205 g/mol. The maximum atomic E-state index is 10.7. The molecule has 0 aliphatic carbocycles. The number of imidazole rings is 1. The molecule has 0 amide bonds. The molecule has 0 fully saturated rings. The fourth-order valence-corrected chi connectivity index (χ4v) is 1.60. The minimum absolute atomic E-state index is 0.116. The molecule has 5 heteroatoms. The zero-order chi connectivity index (χ0) is 11.2. The average molecular weight is 205 g/mol.